The first-order chi connectivity index (χ1) is 10.7. The smallest absolute Gasteiger partial charge is 0.241 e. The summed E-state index contributed by atoms with van der Waals surface area (Å²) in [6, 6.07) is 7.73. The molecular weight excluding hydrogens is 280 g/mol. The molecule has 1 fully saturated rings. The first-order valence-electron chi connectivity index (χ1n) is 7.61. The number of carbonyl (C=O) groups is 1. The predicted octanol–water partition coefficient (Wildman–Crippen LogP) is 1.40. The molecular formula is C15H20N6O. The highest BCUT2D eigenvalue weighted by Gasteiger charge is 2.15. The first-order valence-corrected chi connectivity index (χ1v) is 7.61. The number of hydrogen-bond donors (Lipinski definition) is 1. The summed E-state index contributed by atoms with van der Waals surface area (Å²) in [5.41, 5.74) is 1.76. The van der Waals surface area contributed by atoms with Crippen molar-refractivity contribution in [3.8, 4) is 5.69 Å². The van der Waals surface area contributed by atoms with Gasteiger partial charge in [0, 0.05) is 18.8 Å². The number of anilines is 1. The van der Waals surface area contributed by atoms with Crippen LogP contribution in [0, 0.1) is 6.92 Å². The van der Waals surface area contributed by atoms with E-state index < -0.39 is 0 Å². The van der Waals surface area contributed by atoms with Gasteiger partial charge in [0.05, 0.1) is 12.2 Å². The van der Waals surface area contributed by atoms with Gasteiger partial charge in [0.15, 0.2) is 5.82 Å². The summed E-state index contributed by atoms with van der Waals surface area (Å²) < 4.78 is 1.66. The number of piperidine rings is 1. The lowest BCUT2D eigenvalue weighted by Gasteiger charge is -2.26. The summed E-state index contributed by atoms with van der Waals surface area (Å²) in [7, 11) is 0. The third-order valence-electron chi connectivity index (χ3n) is 3.87. The maximum absolute atomic E-state index is 12.2. The quantitative estimate of drug-likeness (QED) is 0.923. The monoisotopic (exact) mass is 300 g/mol. The van der Waals surface area contributed by atoms with E-state index in [4.69, 9.17) is 0 Å². The van der Waals surface area contributed by atoms with E-state index in [1.54, 1.807) is 4.68 Å². The Labute approximate surface area is 129 Å². The van der Waals surface area contributed by atoms with Crippen molar-refractivity contribution in [2.24, 2.45) is 0 Å². The van der Waals surface area contributed by atoms with Crippen LogP contribution in [0.3, 0.4) is 0 Å². The number of aromatic nitrogens is 4. The van der Waals surface area contributed by atoms with E-state index in [9.17, 15) is 4.79 Å². The largest absolute Gasteiger partial charge is 0.376 e. The van der Waals surface area contributed by atoms with Crippen molar-refractivity contribution in [2.45, 2.75) is 26.2 Å². The van der Waals surface area contributed by atoms with Crippen LogP contribution in [-0.4, -0.2) is 50.6 Å². The molecule has 7 nitrogen and oxygen atoms in total. The van der Waals surface area contributed by atoms with Crippen molar-refractivity contribution in [3.63, 3.8) is 0 Å². The summed E-state index contributed by atoms with van der Waals surface area (Å²) in [5, 5.41) is 14.7. The minimum absolute atomic E-state index is 0.156. The molecule has 0 atom stereocenters. The molecule has 0 radical (unpaired) electrons. The number of nitrogens with zero attached hydrogens (tertiary/aromatic N) is 5. The zero-order valence-corrected chi connectivity index (χ0v) is 12.7. The Morgan fingerprint density at radius 1 is 1.27 bits per heavy atom. The highest BCUT2D eigenvalue weighted by atomic mass is 16.2. The number of aryl methyl sites for hydroxylation is 1. The van der Waals surface area contributed by atoms with Crippen molar-refractivity contribution < 1.29 is 4.79 Å². The highest BCUT2D eigenvalue weighted by Crippen LogP contribution is 2.15. The number of likely N-dealkylation sites (tertiary alicyclic amines) is 1. The number of carbonyl (C=O) groups excluding carboxylic acids is 1. The van der Waals surface area contributed by atoms with E-state index in [1.807, 2.05) is 36.1 Å². The zero-order valence-electron chi connectivity index (χ0n) is 12.7. The Morgan fingerprint density at radius 2 is 2.09 bits per heavy atom. The number of hydrogen-bond acceptors (Lipinski definition) is 5. The molecule has 1 amide bonds. The molecule has 0 unspecified atom stereocenters. The van der Waals surface area contributed by atoms with Crippen LogP contribution < -0.4 is 5.32 Å². The third-order valence-corrected chi connectivity index (χ3v) is 3.87. The number of amides is 1. The van der Waals surface area contributed by atoms with E-state index in [2.05, 4.69) is 20.8 Å². The molecule has 1 aliphatic heterocycles. The zero-order chi connectivity index (χ0) is 15.4. The number of rotatable bonds is 4. The fraction of sp³-hybridized carbons (Fsp3) is 0.467. The lowest BCUT2D eigenvalue weighted by atomic mass is 10.1. The van der Waals surface area contributed by atoms with E-state index in [1.165, 1.54) is 6.42 Å². The molecule has 0 aliphatic carbocycles. The molecule has 1 aliphatic rings. The van der Waals surface area contributed by atoms with Crippen LogP contribution in [0.1, 0.15) is 25.1 Å². The van der Waals surface area contributed by atoms with Crippen LogP contribution in [0.15, 0.2) is 24.3 Å². The van der Waals surface area contributed by atoms with Gasteiger partial charge in [0.25, 0.3) is 0 Å². The molecule has 116 valence electrons. The molecule has 1 saturated heterocycles. The molecule has 1 aromatic heterocycles. The van der Waals surface area contributed by atoms with Crippen LogP contribution in [0.2, 0.25) is 0 Å². The lowest BCUT2D eigenvalue weighted by molar-refractivity contribution is -0.130. The minimum Gasteiger partial charge on any atom is -0.376 e. The summed E-state index contributed by atoms with van der Waals surface area (Å²) >= 11 is 0. The Hall–Kier alpha value is -2.44. The molecule has 1 N–H and O–H groups in total. The average molecular weight is 300 g/mol. The second kappa shape index (κ2) is 6.55. The SMILES string of the molecule is Cc1nnnn1-c1cccc(NCC(=O)N2CCCCC2)c1. The van der Waals surface area contributed by atoms with Crippen LogP contribution in [-0.2, 0) is 4.79 Å². The van der Waals surface area contributed by atoms with E-state index >= 15 is 0 Å². The van der Waals surface area contributed by atoms with Gasteiger partial charge in [-0.1, -0.05) is 6.07 Å². The summed E-state index contributed by atoms with van der Waals surface area (Å²) in [6.45, 7) is 3.92. The number of tetrazole rings is 1. The van der Waals surface area contributed by atoms with Crippen LogP contribution in [0.4, 0.5) is 5.69 Å². The molecule has 0 spiro atoms. The summed E-state index contributed by atoms with van der Waals surface area (Å²) in [5.74, 6) is 0.880. The summed E-state index contributed by atoms with van der Waals surface area (Å²) in [6.07, 6.45) is 3.45. The Bertz CT molecular complexity index is 647. The molecule has 0 saturated carbocycles. The standard InChI is InChI=1S/C15H20N6O/c1-12-17-18-19-21(12)14-7-5-6-13(10-14)16-11-15(22)20-8-3-2-4-9-20/h5-7,10,16H,2-4,8-9,11H2,1H3. The van der Waals surface area contributed by atoms with Gasteiger partial charge in [-0.25, -0.2) is 0 Å². The second-order valence-electron chi connectivity index (χ2n) is 5.48. The lowest BCUT2D eigenvalue weighted by Crippen LogP contribution is -2.39. The van der Waals surface area contributed by atoms with Crippen LogP contribution in [0.5, 0.6) is 0 Å². The Balaban J connectivity index is 1.63. The van der Waals surface area contributed by atoms with Crippen molar-refractivity contribution in [1.29, 1.82) is 0 Å². The molecule has 1 aromatic carbocycles. The highest BCUT2D eigenvalue weighted by molar-refractivity contribution is 5.81. The van der Waals surface area contributed by atoms with Gasteiger partial charge in [-0.05, 0) is 54.8 Å². The maximum Gasteiger partial charge on any atom is 0.241 e. The van der Waals surface area contributed by atoms with Crippen molar-refractivity contribution >= 4 is 11.6 Å². The topological polar surface area (TPSA) is 75.9 Å². The molecule has 22 heavy (non-hydrogen) atoms. The van der Waals surface area contributed by atoms with Gasteiger partial charge in [-0.15, -0.1) is 5.10 Å². The maximum atomic E-state index is 12.2. The molecule has 0 bridgehead atoms. The summed E-state index contributed by atoms with van der Waals surface area (Å²) in [4.78, 5) is 14.1. The van der Waals surface area contributed by atoms with Gasteiger partial charge in [0.1, 0.15) is 0 Å². The Morgan fingerprint density at radius 3 is 2.82 bits per heavy atom. The molecule has 2 heterocycles. The van der Waals surface area contributed by atoms with Crippen molar-refractivity contribution in [3.05, 3.63) is 30.1 Å². The van der Waals surface area contributed by atoms with Crippen LogP contribution >= 0.6 is 0 Å². The molecule has 2 aromatic rings. The Kier molecular flexibility index (Phi) is 4.32. The van der Waals surface area contributed by atoms with E-state index in [0.717, 1.165) is 43.1 Å². The predicted molar refractivity (Wildman–Crippen MR) is 82.8 cm³/mol. The number of nitrogens with one attached hydrogen (secondary N) is 1. The van der Waals surface area contributed by atoms with Gasteiger partial charge in [-0.3, -0.25) is 4.79 Å². The molecule has 3 rings (SSSR count). The average Bonchev–Trinajstić information content (AvgIpc) is 3.00. The van der Waals surface area contributed by atoms with Crippen LogP contribution in [0.25, 0.3) is 5.69 Å². The normalized spacial score (nSPS) is 14.9. The fourth-order valence-electron chi connectivity index (χ4n) is 2.65. The minimum atomic E-state index is 0.156. The van der Waals surface area contributed by atoms with Gasteiger partial charge >= 0.3 is 0 Å². The van der Waals surface area contributed by atoms with E-state index in [0.29, 0.717) is 6.54 Å². The molecule has 7 heteroatoms. The third kappa shape index (κ3) is 3.24. The second-order valence-corrected chi connectivity index (χ2v) is 5.48. The number of benzene rings is 1. The first kappa shape index (κ1) is 14.5. The van der Waals surface area contributed by atoms with Gasteiger partial charge in [0.2, 0.25) is 5.91 Å². The fourth-order valence-corrected chi connectivity index (χ4v) is 2.65. The van der Waals surface area contributed by atoms with Gasteiger partial charge < -0.3 is 10.2 Å². The van der Waals surface area contributed by atoms with Crippen molar-refractivity contribution in [1.82, 2.24) is 25.1 Å². The van der Waals surface area contributed by atoms with Crippen molar-refractivity contribution in [2.75, 3.05) is 25.0 Å². The van der Waals surface area contributed by atoms with Gasteiger partial charge in [-0.2, -0.15) is 4.68 Å². The van der Waals surface area contributed by atoms with E-state index in [-0.39, 0.29) is 5.91 Å².